The molecule has 0 atom stereocenters. The number of aromatic nitrogens is 3. The van der Waals surface area contributed by atoms with Crippen molar-refractivity contribution in [3.05, 3.63) is 77.2 Å². The molecule has 0 radical (unpaired) electrons. The van der Waals surface area contributed by atoms with E-state index >= 15 is 0 Å². The molecule has 1 saturated heterocycles. The van der Waals surface area contributed by atoms with Gasteiger partial charge in [0.1, 0.15) is 5.82 Å². The third-order valence-electron chi connectivity index (χ3n) is 6.85. The number of aryl methyl sites for hydroxylation is 1. The predicted octanol–water partition coefficient (Wildman–Crippen LogP) is 4.17. The summed E-state index contributed by atoms with van der Waals surface area (Å²) in [4.78, 5) is 33.6. The van der Waals surface area contributed by atoms with Crippen LogP contribution in [0.15, 0.2) is 54.9 Å². The van der Waals surface area contributed by atoms with Crippen LogP contribution in [0.25, 0.3) is 0 Å². The molecule has 1 spiro atoms. The van der Waals surface area contributed by atoms with Crippen molar-refractivity contribution in [2.45, 2.75) is 44.4 Å². The lowest BCUT2D eigenvalue weighted by Gasteiger charge is -2.46. The second kappa shape index (κ2) is 8.51. The molecule has 1 fully saturated rings. The molecule has 0 saturated carbocycles. The fourth-order valence-electron chi connectivity index (χ4n) is 4.95. The molecular weight excluding hydrogens is 459 g/mol. The molecule has 3 aromatic rings. The number of piperidine rings is 1. The first-order valence-electron chi connectivity index (χ1n) is 11.4. The van der Waals surface area contributed by atoms with E-state index in [4.69, 9.17) is 5.10 Å². The fourth-order valence-corrected chi connectivity index (χ4v) is 4.95. The first-order chi connectivity index (χ1) is 16.7. The van der Waals surface area contributed by atoms with Gasteiger partial charge in [0.15, 0.2) is 0 Å². The van der Waals surface area contributed by atoms with Crippen LogP contribution in [0.2, 0.25) is 0 Å². The number of alkyl halides is 3. The Hall–Kier alpha value is -3.69. The van der Waals surface area contributed by atoms with Crippen LogP contribution in [0.1, 0.15) is 46.4 Å². The molecule has 0 N–H and O–H groups in total. The largest absolute Gasteiger partial charge is 0.416 e. The molecule has 2 amide bonds. The molecule has 5 rings (SSSR count). The highest BCUT2D eigenvalue weighted by atomic mass is 19.4. The minimum atomic E-state index is -4.45. The molecule has 182 valence electrons. The molecule has 0 aliphatic carbocycles. The number of fused-ring (bicyclic) bond motifs is 2. The maximum Gasteiger partial charge on any atom is 0.416 e. The number of anilines is 1. The standard InChI is InChI=1S/C25H24F3N5O2/c1-17-14-21-32(16-18-6-10-29-11-7-18)22(34)15-24(33(21)30-17)8-12-31(13-9-24)23(35)19-2-4-20(5-3-19)25(26,27)28/h2-7,10-11,14H,8-9,12-13,15-16H2,1H3. The van der Waals surface area contributed by atoms with Crippen molar-refractivity contribution in [1.29, 1.82) is 0 Å². The van der Waals surface area contributed by atoms with Crippen LogP contribution in [-0.2, 0) is 23.1 Å². The zero-order chi connectivity index (χ0) is 24.8. The van der Waals surface area contributed by atoms with Gasteiger partial charge in [-0.15, -0.1) is 0 Å². The van der Waals surface area contributed by atoms with Crippen LogP contribution in [-0.4, -0.2) is 44.6 Å². The second-order valence-corrected chi connectivity index (χ2v) is 9.16. The molecule has 7 nitrogen and oxygen atoms in total. The van der Waals surface area contributed by atoms with E-state index in [9.17, 15) is 22.8 Å². The van der Waals surface area contributed by atoms with Crippen molar-refractivity contribution in [1.82, 2.24) is 19.7 Å². The number of pyridine rings is 1. The van der Waals surface area contributed by atoms with Gasteiger partial charge in [-0.2, -0.15) is 18.3 Å². The number of hydrogen-bond acceptors (Lipinski definition) is 4. The Morgan fingerprint density at radius 1 is 1.06 bits per heavy atom. The Morgan fingerprint density at radius 3 is 2.34 bits per heavy atom. The predicted molar refractivity (Wildman–Crippen MR) is 122 cm³/mol. The summed E-state index contributed by atoms with van der Waals surface area (Å²) in [5, 5.41) is 4.72. The third-order valence-corrected chi connectivity index (χ3v) is 6.85. The maximum atomic E-state index is 13.3. The lowest BCUT2D eigenvalue weighted by Crippen LogP contribution is -2.54. The summed E-state index contributed by atoms with van der Waals surface area (Å²) in [6, 6.07) is 9.92. The highest BCUT2D eigenvalue weighted by Crippen LogP contribution is 2.42. The van der Waals surface area contributed by atoms with Crippen LogP contribution < -0.4 is 4.90 Å². The number of amides is 2. The number of hydrogen-bond donors (Lipinski definition) is 0. The van der Waals surface area contributed by atoms with Gasteiger partial charge in [0.2, 0.25) is 5.91 Å². The molecule has 35 heavy (non-hydrogen) atoms. The second-order valence-electron chi connectivity index (χ2n) is 9.16. The van der Waals surface area contributed by atoms with Crippen molar-refractivity contribution < 1.29 is 22.8 Å². The van der Waals surface area contributed by atoms with E-state index in [1.165, 1.54) is 12.1 Å². The number of carbonyl (C=O) groups is 2. The monoisotopic (exact) mass is 483 g/mol. The Morgan fingerprint density at radius 2 is 1.71 bits per heavy atom. The van der Waals surface area contributed by atoms with E-state index < -0.39 is 17.3 Å². The summed E-state index contributed by atoms with van der Waals surface area (Å²) in [6.07, 6.45) is 0.269. The SMILES string of the molecule is Cc1cc2n(n1)C1(CCN(C(=O)c3ccc(C(F)(F)F)cc3)CC1)CC(=O)N2Cc1ccncc1. The molecule has 0 unspecified atom stereocenters. The number of likely N-dealkylation sites (tertiary alicyclic amines) is 1. The van der Waals surface area contributed by atoms with Crippen molar-refractivity contribution >= 4 is 17.6 Å². The zero-order valence-electron chi connectivity index (χ0n) is 19.1. The molecular formula is C25H24F3N5O2. The van der Waals surface area contributed by atoms with Gasteiger partial charge in [0, 0.05) is 37.1 Å². The average Bonchev–Trinajstić information content (AvgIpc) is 3.24. The van der Waals surface area contributed by atoms with Gasteiger partial charge in [-0.3, -0.25) is 19.5 Å². The van der Waals surface area contributed by atoms with Crippen LogP contribution in [0.3, 0.4) is 0 Å². The van der Waals surface area contributed by atoms with Crippen LogP contribution >= 0.6 is 0 Å². The van der Waals surface area contributed by atoms with Crippen molar-refractivity contribution in [3.63, 3.8) is 0 Å². The molecule has 0 bridgehead atoms. The van der Waals surface area contributed by atoms with E-state index in [1.807, 2.05) is 29.8 Å². The Labute approximate surface area is 200 Å². The van der Waals surface area contributed by atoms with Gasteiger partial charge < -0.3 is 4.90 Å². The van der Waals surface area contributed by atoms with Crippen LogP contribution in [0, 0.1) is 6.92 Å². The van der Waals surface area contributed by atoms with Crippen LogP contribution in [0.4, 0.5) is 19.0 Å². The highest BCUT2D eigenvalue weighted by Gasteiger charge is 2.46. The third kappa shape index (κ3) is 4.28. The fraction of sp³-hybridized carbons (Fsp3) is 0.360. The smallest absolute Gasteiger partial charge is 0.338 e. The topological polar surface area (TPSA) is 71.3 Å². The number of carbonyl (C=O) groups excluding carboxylic acids is 2. The molecule has 2 aliphatic heterocycles. The van der Waals surface area contributed by atoms with Gasteiger partial charge in [-0.05, 0) is 61.7 Å². The van der Waals surface area contributed by atoms with E-state index in [2.05, 4.69) is 4.98 Å². The number of nitrogens with zero attached hydrogens (tertiary/aromatic N) is 5. The van der Waals surface area contributed by atoms with Crippen molar-refractivity contribution in [2.24, 2.45) is 0 Å². The zero-order valence-corrected chi connectivity index (χ0v) is 19.1. The van der Waals surface area contributed by atoms with Crippen molar-refractivity contribution in [3.8, 4) is 0 Å². The number of halogens is 3. The molecule has 4 heterocycles. The van der Waals surface area contributed by atoms with Gasteiger partial charge in [-0.25, -0.2) is 4.68 Å². The Balaban J connectivity index is 1.34. The summed E-state index contributed by atoms with van der Waals surface area (Å²) in [5.74, 6) is 0.418. The highest BCUT2D eigenvalue weighted by molar-refractivity contribution is 5.95. The lowest BCUT2D eigenvalue weighted by molar-refractivity contribution is -0.137. The lowest BCUT2D eigenvalue weighted by atomic mass is 9.82. The maximum absolute atomic E-state index is 13.3. The van der Waals surface area contributed by atoms with Crippen LogP contribution in [0.5, 0.6) is 0 Å². The summed E-state index contributed by atoms with van der Waals surface area (Å²) < 4.78 is 40.5. The average molecular weight is 483 g/mol. The van der Waals surface area contributed by atoms with Gasteiger partial charge in [-0.1, -0.05) is 0 Å². The van der Waals surface area contributed by atoms with Gasteiger partial charge in [0.25, 0.3) is 5.91 Å². The van der Waals surface area contributed by atoms with E-state index in [-0.39, 0.29) is 23.8 Å². The Kier molecular flexibility index (Phi) is 5.61. The normalized spacial score (nSPS) is 17.5. The van der Waals surface area contributed by atoms with Gasteiger partial charge >= 0.3 is 6.18 Å². The summed E-state index contributed by atoms with van der Waals surface area (Å²) in [5.41, 5.74) is 0.661. The van der Waals surface area contributed by atoms with Crippen molar-refractivity contribution in [2.75, 3.05) is 18.0 Å². The Bertz CT molecular complexity index is 1250. The summed E-state index contributed by atoms with van der Waals surface area (Å²) in [7, 11) is 0. The first kappa shape index (κ1) is 23.1. The molecule has 10 heteroatoms. The summed E-state index contributed by atoms with van der Waals surface area (Å²) in [6.45, 7) is 3.07. The van der Waals surface area contributed by atoms with Gasteiger partial charge in [0.05, 0.1) is 29.8 Å². The minimum Gasteiger partial charge on any atom is -0.338 e. The van der Waals surface area contributed by atoms with E-state index in [1.54, 1.807) is 22.2 Å². The molecule has 1 aromatic carbocycles. The quantitative estimate of drug-likeness (QED) is 0.561. The van der Waals surface area contributed by atoms with E-state index in [0.29, 0.717) is 32.5 Å². The summed E-state index contributed by atoms with van der Waals surface area (Å²) >= 11 is 0. The number of rotatable bonds is 3. The molecule has 2 aromatic heterocycles. The molecule has 2 aliphatic rings. The minimum absolute atomic E-state index is 0.00303. The first-order valence-corrected chi connectivity index (χ1v) is 11.4. The van der Waals surface area contributed by atoms with E-state index in [0.717, 1.165) is 29.2 Å². The number of benzene rings is 1.